The Kier molecular flexibility index (Phi) is 40.7. The van der Waals surface area contributed by atoms with E-state index in [0.717, 1.165) is 135 Å². The average Bonchev–Trinajstić information content (AvgIpc) is 0.921. The van der Waals surface area contributed by atoms with Crippen molar-refractivity contribution >= 4 is 156 Å². The molecular formula is C91H122ClF3N22O8S6. The Morgan fingerprint density at radius 3 is 1.36 bits per heavy atom. The van der Waals surface area contributed by atoms with E-state index in [4.69, 9.17) is 80.2 Å². The number of nitrogens with zero attached hydrogens (tertiary/aromatic N) is 22. The molecule has 30 nitrogen and oxygen atoms in total. The minimum Gasteiger partial charge on any atom is -0.494 e. The number of likely N-dealkylation sites (N-methyl/N-ethyl adjacent to an activating group) is 2. The van der Waals surface area contributed by atoms with Gasteiger partial charge in [-0.2, -0.15) is 124 Å². The summed E-state index contributed by atoms with van der Waals surface area (Å²) in [6.45, 7) is 49.8. The van der Waals surface area contributed by atoms with Gasteiger partial charge in [0.1, 0.15) is 61.1 Å². The van der Waals surface area contributed by atoms with Gasteiger partial charge in [0.25, 0.3) is 0 Å². The number of anilines is 6. The third-order valence-electron chi connectivity index (χ3n) is 25.4. The number of likely N-dealkylation sites (tertiary alicyclic amines) is 3. The highest BCUT2D eigenvalue weighted by Crippen LogP contribution is 2.45. The summed E-state index contributed by atoms with van der Waals surface area (Å²) in [5.41, 5.74) is 6.73. The van der Waals surface area contributed by atoms with E-state index < -0.39 is 11.7 Å². The SMILES string of the molecule is S.S.S.S.S.S.[C-]#[N+]C[C@H]1CN(c2nc(OC[C@@H]3CCCN3C)nc3c2CCN(c2cnccc2OC)C3)CCN1C(=O)C=C.[C-]#[N+]C[C@H]1CN(c2nc(OC[C@@H]3CCCN3CC)nc3c2CCN(c2cccc(Cl)c2C(F)(F)F)C3)CCN1C(=O)C=C.[C-]#[N+]C[C@H]1CN(c2nc(OC[C@@H]3CCCN3CCO)nc3c2CCN(c2cccc4ccccc24)C3)CCN1C(=O)C=C. The lowest BCUT2D eigenvalue weighted by molar-refractivity contribution is -0.137. The van der Waals surface area contributed by atoms with Crippen molar-refractivity contribution in [2.75, 3.05) is 201 Å². The summed E-state index contributed by atoms with van der Waals surface area (Å²) >= 11 is 6.04. The Labute approximate surface area is 813 Å². The van der Waals surface area contributed by atoms with Gasteiger partial charge >= 0.3 is 24.2 Å². The number of fused-ring (bicyclic) bond motifs is 4. The van der Waals surface area contributed by atoms with Crippen molar-refractivity contribution in [3.8, 4) is 23.8 Å². The zero-order valence-corrected chi connectivity index (χ0v) is 81.2. The van der Waals surface area contributed by atoms with Crippen LogP contribution in [-0.2, 0) is 59.5 Å². The second kappa shape index (κ2) is 50.0. The predicted molar refractivity (Wildman–Crippen MR) is 536 cm³/mol. The second-order valence-electron chi connectivity index (χ2n) is 32.7. The molecule has 6 saturated heterocycles. The zero-order valence-electron chi connectivity index (χ0n) is 74.4. The van der Waals surface area contributed by atoms with Gasteiger partial charge in [-0.1, -0.05) is 80.7 Å². The van der Waals surface area contributed by atoms with Gasteiger partial charge in [0.15, 0.2) is 0 Å². The predicted octanol–water partition coefficient (Wildman–Crippen LogP) is 10.6. The van der Waals surface area contributed by atoms with Crippen molar-refractivity contribution in [2.45, 2.75) is 127 Å². The topological polar surface area (TPSA) is 251 Å². The summed E-state index contributed by atoms with van der Waals surface area (Å²) < 4.78 is 66.4. The van der Waals surface area contributed by atoms with Crippen LogP contribution < -0.4 is 48.3 Å². The lowest BCUT2D eigenvalue weighted by atomic mass is 10.0. The number of pyridine rings is 1. The highest BCUT2D eigenvalue weighted by molar-refractivity contribution is 7.60. The van der Waals surface area contributed by atoms with Crippen LogP contribution in [0.5, 0.6) is 23.8 Å². The molecule has 7 aromatic rings. The molecule has 0 aliphatic carbocycles. The van der Waals surface area contributed by atoms with Crippen molar-refractivity contribution in [1.29, 1.82) is 0 Å². The van der Waals surface area contributed by atoms with E-state index in [2.05, 4.69) is 130 Å². The van der Waals surface area contributed by atoms with E-state index in [1.54, 1.807) is 32.9 Å². The van der Waals surface area contributed by atoms with Crippen LogP contribution >= 0.6 is 92.6 Å². The van der Waals surface area contributed by atoms with Crippen LogP contribution in [0.4, 0.5) is 47.7 Å². The molecule has 708 valence electrons. The lowest BCUT2D eigenvalue weighted by Crippen LogP contribution is -2.56. The number of aliphatic hydroxyl groups excluding tert-OH is 1. The minimum atomic E-state index is -4.62. The standard InChI is InChI=1S/C33H39N7O3.C30H35ClF3N7O2.C28H36N8O3.6H2S/c1-3-31(42)40-17-16-39(21-26(40)20-34-2)32-28-13-15-38(30-12-6-9-24-8-4-5-11-27(24)30)22-29(28)35-33(36-32)43-23-25-10-7-14-37(25)18-19-41;1-4-26(42)41-15-14-40(17-21(41)16-35-3)28-22-11-13-39(25-10-6-9-23(31)27(25)30(32,33)34)18-24(22)36-29(37-28)43-19-20-8-7-12-38(20)5-2;1-5-26(37)36-14-13-35(17-21(36)15-29-2)27-22-9-12-34(24-16-30-10-8-25(24)38-4)18-23(22)31-28(32-27)39-19-20-7-6-11-33(20)3;;;;;;/h3-6,8-9,11-12,25-26,41H,1,7,10,13-23H2;4,6,9-10,20-21H,1,5,7-8,11-19H2,2H3;5,8,10,16,20-21H,1,6-7,9,11-15,17-19H2,3-4H3;6*1H2/t25-,26-;2*20-,21-;;;;;;/m000....../s1. The molecule has 0 saturated carbocycles. The summed E-state index contributed by atoms with van der Waals surface area (Å²) in [7, 11) is 3.79. The number of alkyl halides is 3. The summed E-state index contributed by atoms with van der Waals surface area (Å²) in [6.07, 6.45) is 11.2. The van der Waals surface area contributed by atoms with Crippen LogP contribution in [0.15, 0.2) is 117 Å². The highest BCUT2D eigenvalue weighted by atomic mass is 35.5. The summed E-state index contributed by atoms with van der Waals surface area (Å²) in [5.74, 6) is 2.59. The Morgan fingerprint density at radius 1 is 0.511 bits per heavy atom. The highest BCUT2D eigenvalue weighted by Gasteiger charge is 2.43. The van der Waals surface area contributed by atoms with Crippen molar-refractivity contribution < 1.29 is 51.6 Å². The van der Waals surface area contributed by atoms with Gasteiger partial charge < -0.3 is 87.6 Å². The smallest absolute Gasteiger partial charge is 0.419 e. The molecule has 6 fully saturated rings. The maximum absolute atomic E-state index is 14.0. The number of aromatic nitrogens is 7. The van der Waals surface area contributed by atoms with E-state index in [-0.39, 0.29) is 178 Å². The summed E-state index contributed by atoms with van der Waals surface area (Å²) in [5, 5.41) is 11.6. The third kappa shape index (κ3) is 25.1. The number of halogens is 4. The molecule has 6 atom stereocenters. The molecule has 0 radical (unpaired) electrons. The molecule has 40 heteroatoms. The fraction of sp³-hybridized carbons (Fsp3) is 0.505. The van der Waals surface area contributed by atoms with Gasteiger partial charge in [-0.3, -0.25) is 29.2 Å². The van der Waals surface area contributed by atoms with Gasteiger partial charge in [0, 0.05) is 143 Å². The van der Waals surface area contributed by atoms with Gasteiger partial charge in [-0.15, -0.1) is 0 Å². The van der Waals surface area contributed by atoms with E-state index >= 15 is 0 Å². The van der Waals surface area contributed by atoms with Crippen molar-refractivity contribution in [3.05, 3.63) is 196 Å². The van der Waals surface area contributed by atoms with Gasteiger partial charge in [0.2, 0.25) is 37.4 Å². The fourth-order valence-electron chi connectivity index (χ4n) is 18.9. The molecule has 0 unspecified atom stereocenters. The van der Waals surface area contributed by atoms with Crippen LogP contribution in [0.1, 0.15) is 84.8 Å². The van der Waals surface area contributed by atoms with Crippen LogP contribution in [0, 0.1) is 19.7 Å². The van der Waals surface area contributed by atoms with Crippen LogP contribution in [-0.4, -0.2) is 295 Å². The maximum Gasteiger partial charge on any atom is 0.419 e. The third-order valence-corrected chi connectivity index (χ3v) is 25.7. The molecule has 9 aliphatic rings. The van der Waals surface area contributed by atoms with Gasteiger partial charge in [-0.05, 0) is 133 Å². The Hall–Kier alpha value is -9.57. The normalized spacial score (nSPS) is 20.0. The molecule has 0 bridgehead atoms. The number of methoxy groups -OCH3 is 1. The molecule has 131 heavy (non-hydrogen) atoms. The number of rotatable bonds is 25. The lowest BCUT2D eigenvalue weighted by Gasteiger charge is -2.41. The largest absolute Gasteiger partial charge is 0.494 e. The molecule has 1 N–H and O–H groups in total. The van der Waals surface area contributed by atoms with Crippen molar-refractivity contribution in [1.82, 2.24) is 64.3 Å². The quantitative estimate of drug-likeness (QED) is 0.0412. The first-order valence-corrected chi connectivity index (χ1v) is 43.6. The summed E-state index contributed by atoms with van der Waals surface area (Å²) in [4.78, 5) is 107. The Balaban J connectivity index is 0.000000237. The summed E-state index contributed by atoms with van der Waals surface area (Å²) in [6, 6.07) is 21.8. The van der Waals surface area contributed by atoms with Crippen LogP contribution in [0.3, 0.4) is 0 Å². The number of hydrogen-bond donors (Lipinski definition) is 1. The first-order chi connectivity index (χ1) is 60.7. The maximum atomic E-state index is 14.0. The van der Waals surface area contributed by atoms with E-state index in [0.29, 0.717) is 141 Å². The zero-order chi connectivity index (χ0) is 87.8. The minimum absolute atomic E-state index is 0. The number of piperazine rings is 3. The molecule has 9 aliphatic heterocycles. The number of hydrogen-bond acceptors (Lipinski definition) is 24. The Bertz CT molecular complexity index is 5200. The molecule has 4 aromatic heterocycles. The van der Waals surface area contributed by atoms with E-state index in [9.17, 15) is 32.7 Å². The number of amides is 3. The van der Waals surface area contributed by atoms with E-state index in [1.807, 2.05) is 17.2 Å². The van der Waals surface area contributed by atoms with E-state index in [1.165, 1.54) is 59.3 Å². The molecule has 0 spiro atoms. The molecule has 3 aromatic carbocycles. The number of β-amino-alcohol motifs (C(OH)–C–C–N with tert-alkyl or cyclic N) is 1. The van der Waals surface area contributed by atoms with Gasteiger partial charge in [-0.25, -0.2) is 19.7 Å². The number of benzene rings is 3. The molecule has 13 heterocycles. The molecule has 16 rings (SSSR count). The average molecular weight is 1940 g/mol. The van der Waals surface area contributed by atoms with Crippen molar-refractivity contribution in [2.24, 2.45) is 0 Å². The first kappa shape index (κ1) is 107. The van der Waals surface area contributed by atoms with Gasteiger partial charge in [0.05, 0.1) is 78.6 Å². The van der Waals surface area contributed by atoms with Crippen LogP contribution in [0.2, 0.25) is 5.02 Å². The Morgan fingerprint density at radius 2 is 0.924 bits per heavy atom. The number of ether oxygens (including phenoxy) is 4. The van der Waals surface area contributed by atoms with Crippen LogP contribution in [0.25, 0.3) is 25.3 Å². The molecular weight excluding hydrogens is 1810 g/mol. The molecule has 3 amide bonds. The number of carbonyl (C=O) groups is 3. The number of aliphatic hydroxyl groups is 1. The number of carbonyl (C=O) groups excluding carboxylic acids is 3. The first-order valence-electron chi connectivity index (χ1n) is 43.2. The monoisotopic (exact) mass is 1930 g/mol. The van der Waals surface area contributed by atoms with Crippen molar-refractivity contribution in [3.63, 3.8) is 0 Å². The fourth-order valence-corrected chi connectivity index (χ4v) is 19.2. The second-order valence-corrected chi connectivity index (χ2v) is 33.1.